The van der Waals surface area contributed by atoms with Gasteiger partial charge >= 0.3 is 0 Å². The second-order valence-corrected chi connectivity index (χ2v) is 9.25. The fourth-order valence-electron chi connectivity index (χ4n) is 3.56. The number of alkyl halides is 2. The summed E-state index contributed by atoms with van der Waals surface area (Å²) in [5, 5.41) is 4.53. The Hall–Kier alpha value is -2.74. The Morgan fingerprint density at radius 1 is 0.879 bits per heavy atom. The lowest BCUT2D eigenvalue weighted by Crippen LogP contribution is -2.21. The maximum absolute atomic E-state index is 15.0. The van der Waals surface area contributed by atoms with Gasteiger partial charge in [0, 0.05) is 11.6 Å². The SMILES string of the molecule is O=C(Nc1ccccc1)c1c(F)ccc(NC(=O)[C@H]2[C@H](c3ccc(F)c(Cl)c3)C2(Cl)Cl)c1F. The van der Waals surface area contributed by atoms with E-state index in [-0.39, 0.29) is 5.02 Å². The van der Waals surface area contributed by atoms with Crippen molar-refractivity contribution in [1.29, 1.82) is 0 Å². The Balaban J connectivity index is 1.55. The van der Waals surface area contributed by atoms with E-state index in [1.54, 1.807) is 30.3 Å². The standard InChI is InChI=1S/C23H14Cl3F3N2O2/c24-13-10-11(6-7-14(13)27)18-19(23(18,25)26)22(33)31-16-9-8-15(28)17(20(16)29)21(32)30-12-4-2-1-3-5-12/h1-10,18-19H,(H,30,32)(H,31,33)/t18-,19+/m0/s1. The van der Waals surface area contributed by atoms with Gasteiger partial charge in [-0.05, 0) is 42.0 Å². The van der Waals surface area contributed by atoms with E-state index in [0.29, 0.717) is 11.3 Å². The number of para-hydroxylation sites is 1. The van der Waals surface area contributed by atoms with Crippen LogP contribution in [0.4, 0.5) is 24.5 Å². The molecule has 0 radical (unpaired) electrons. The van der Waals surface area contributed by atoms with Gasteiger partial charge < -0.3 is 10.6 Å². The van der Waals surface area contributed by atoms with Crippen LogP contribution in [0.15, 0.2) is 60.7 Å². The summed E-state index contributed by atoms with van der Waals surface area (Å²) in [5.41, 5.74) is -0.526. The van der Waals surface area contributed by atoms with Crippen LogP contribution in [0, 0.1) is 23.4 Å². The number of rotatable bonds is 5. The van der Waals surface area contributed by atoms with Gasteiger partial charge in [0.05, 0.1) is 16.6 Å². The van der Waals surface area contributed by atoms with E-state index in [9.17, 15) is 18.4 Å². The van der Waals surface area contributed by atoms with Crippen LogP contribution >= 0.6 is 34.8 Å². The summed E-state index contributed by atoms with van der Waals surface area (Å²) >= 11 is 18.3. The van der Waals surface area contributed by atoms with Crippen LogP contribution in [-0.4, -0.2) is 16.1 Å². The lowest BCUT2D eigenvalue weighted by atomic mass is 10.1. The highest BCUT2D eigenvalue weighted by Gasteiger charge is 2.67. The van der Waals surface area contributed by atoms with Crippen LogP contribution < -0.4 is 10.6 Å². The molecule has 4 rings (SSSR count). The van der Waals surface area contributed by atoms with Gasteiger partial charge in [-0.3, -0.25) is 9.59 Å². The number of benzene rings is 3. The monoisotopic (exact) mass is 512 g/mol. The number of halogens is 6. The molecular formula is C23H14Cl3F3N2O2. The number of nitrogens with one attached hydrogen (secondary N) is 2. The van der Waals surface area contributed by atoms with Gasteiger partial charge in [-0.25, -0.2) is 13.2 Å². The summed E-state index contributed by atoms with van der Waals surface area (Å²) in [6, 6.07) is 13.8. The highest BCUT2D eigenvalue weighted by atomic mass is 35.5. The molecule has 0 saturated heterocycles. The Kier molecular flexibility index (Phi) is 6.31. The molecule has 2 N–H and O–H groups in total. The van der Waals surface area contributed by atoms with Crippen molar-refractivity contribution in [1.82, 2.24) is 0 Å². The van der Waals surface area contributed by atoms with Gasteiger partial charge in [0.25, 0.3) is 5.91 Å². The molecular weight excluding hydrogens is 500 g/mol. The Labute approximate surface area is 201 Å². The summed E-state index contributed by atoms with van der Waals surface area (Å²) in [7, 11) is 0. The van der Waals surface area contributed by atoms with Crippen LogP contribution in [0.2, 0.25) is 5.02 Å². The third-order valence-corrected chi connectivity index (χ3v) is 6.48. The average Bonchev–Trinajstić information content (AvgIpc) is 3.35. The summed E-state index contributed by atoms with van der Waals surface area (Å²) in [6.45, 7) is 0. The van der Waals surface area contributed by atoms with Gasteiger partial charge in [0.1, 0.15) is 21.5 Å². The van der Waals surface area contributed by atoms with Gasteiger partial charge in [-0.15, -0.1) is 23.2 Å². The average molecular weight is 514 g/mol. The maximum atomic E-state index is 15.0. The van der Waals surface area contributed by atoms with Crippen molar-refractivity contribution in [2.24, 2.45) is 5.92 Å². The van der Waals surface area contributed by atoms with Gasteiger partial charge in [0.15, 0.2) is 5.82 Å². The van der Waals surface area contributed by atoms with Crippen molar-refractivity contribution < 1.29 is 22.8 Å². The Bertz CT molecular complexity index is 1260. The molecule has 0 spiro atoms. The predicted octanol–water partition coefficient (Wildman–Crippen LogP) is 6.54. The zero-order valence-corrected chi connectivity index (χ0v) is 18.8. The molecule has 2 atom stereocenters. The highest BCUT2D eigenvalue weighted by molar-refractivity contribution is 6.53. The zero-order chi connectivity index (χ0) is 23.9. The largest absolute Gasteiger partial charge is 0.323 e. The first kappa shape index (κ1) is 23.4. The molecule has 2 amide bonds. The molecule has 0 bridgehead atoms. The second kappa shape index (κ2) is 8.89. The van der Waals surface area contributed by atoms with Crippen LogP contribution in [0.3, 0.4) is 0 Å². The van der Waals surface area contributed by atoms with Crippen LogP contribution in [-0.2, 0) is 4.79 Å². The fraction of sp³-hybridized carbons (Fsp3) is 0.130. The third kappa shape index (κ3) is 4.53. The molecule has 3 aromatic carbocycles. The van der Waals surface area contributed by atoms with Crippen LogP contribution in [0.5, 0.6) is 0 Å². The summed E-state index contributed by atoms with van der Waals surface area (Å²) in [5.74, 6) is -6.54. The van der Waals surface area contributed by atoms with E-state index in [2.05, 4.69) is 10.6 Å². The van der Waals surface area contributed by atoms with Crippen LogP contribution in [0.25, 0.3) is 0 Å². The first-order chi connectivity index (χ1) is 15.6. The smallest absolute Gasteiger partial charge is 0.261 e. The van der Waals surface area contributed by atoms with Crippen molar-refractivity contribution in [2.75, 3.05) is 10.6 Å². The minimum Gasteiger partial charge on any atom is -0.323 e. The molecule has 0 unspecified atom stereocenters. The van der Waals surface area contributed by atoms with Crippen molar-refractivity contribution in [2.45, 2.75) is 10.3 Å². The van der Waals surface area contributed by atoms with Gasteiger partial charge in [-0.2, -0.15) is 0 Å². The van der Waals surface area contributed by atoms with Crippen molar-refractivity contribution in [3.63, 3.8) is 0 Å². The molecule has 0 aromatic heterocycles. The third-order valence-electron chi connectivity index (χ3n) is 5.25. The minimum absolute atomic E-state index is 0.165. The topological polar surface area (TPSA) is 58.2 Å². The molecule has 1 aliphatic carbocycles. The van der Waals surface area contributed by atoms with Crippen molar-refractivity contribution >= 4 is 58.0 Å². The number of hydrogen-bond donors (Lipinski definition) is 2. The van der Waals surface area contributed by atoms with Gasteiger partial charge in [0.2, 0.25) is 5.91 Å². The normalized spacial score (nSPS) is 18.5. The van der Waals surface area contributed by atoms with Crippen LogP contribution in [0.1, 0.15) is 21.8 Å². The summed E-state index contributed by atoms with van der Waals surface area (Å²) in [6.07, 6.45) is 0. The minimum atomic E-state index is -1.55. The molecule has 10 heteroatoms. The lowest BCUT2D eigenvalue weighted by molar-refractivity contribution is -0.117. The Morgan fingerprint density at radius 2 is 1.55 bits per heavy atom. The summed E-state index contributed by atoms with van der Waals surface area (Å²) < 4.78 is 41.2. The maximum Gasteiger partial charge on any atom is 0.261 e. The van der Waals surface area contributed by atoms with Gasteiger partial charge in [-0.1, -0.05) is 35.9 Å². The molecule has 1 saturated carbocycles. The van der Waals surface area contributed by atoms with E-state index >= 15 is 4.39 Å². The number of anilines is 2. The van der Waals surface area contributed by atoms with Crippen molar-refractivity contribution in [3.8, 4) is 0 Å². The second-order valence-electron chi connectivity index (χ2n) is 7.40. The molecule has 4 nitrogen and oxygen atoms in total. The number of hydrogen-bond acceptors (Lipinski definition) is 2. The molecule has 1 fully saturated rings. The van der Waals surface area contributed by atoms with E-state index < -0.39 is 56.7 Å². The zero-order valence-electron chi connectivity index (χ0n) is 16.5. The summed E-state index contributed by atoms with van der Waals surface area (Å²) in [4.78, 5) is 25.2. The number of carbonyl (C=O) groups is 2. The lowest BCUT2D eigenvalue weighted by Gasteiger charge is -2.11. The molecule has 170 valence electrons. The molecule has 1 aliphatic rings. The molecule has 0 heterocycles. The number of carbonyl (C=O) groups excluding carboxylic acids is 2. The molecule has 0 aliphatic heterocycles. The first-order valence-corrected chi connectivity index (χ1v) is 10.7. The van der Waals surface area contributed by atoms with E-state index in [1.807, 2.05) is 0 Å². The molecule has 33 heavy (non-hydrogen) atoms. The fourth-order valence-corrected chi connectivity index (χ4v) is 4.57. The quantitative estimate of drug-likeness (QED) is 0.381. The predicted molar refractivity (Wildman–Crippen MR) is 121 cm³/mol. The molecule has 3 aromatic rings. The first-order valence-electron chi connectivity index (χ1n) is 9.59. The van der Waals surface area contributed by atoms with E-state index in [0.717, 1.165) is 18.2 Å². The highest BCUT2D eigenvalue weighted by Crippen LogP contribution is 2.65. The van der Waals surface area contributed by atoms with E-state index in [1.165, 1.54) is 12.1 Å². The van der Waals surface area contributed by atoms with E-state index in [4.69, 9.17) is 34.8 Å². The number of amides is 2. The van der Waals surface area contributed by atoms with Crippen molar-refractivity contribution in [3.05, 3.63) is 94.3 Å². The Morgan fingerprint density at radius 3 is 2.21 bits per heavy atom.